The van der Waals surface area contributed by atoms with E-state index in [-0.39, 0.29) is 18.5 Å². The molecule has 2 atom stereocenters. The fourth-order valence-electron chi connectivity index (χ4n) is 10.7. The smallest absolute Gasteiger partial charge is 0.305 e. The Morgan fingerprint density at radius 3 is 0.947 bits per heavy atom. The molecule has 0 aromatic carbocycles. The van der Waals surface area contributed by atoms with Crippen LogP contribution in [-0.2, 0) is 14.3 Å². The fourth-order valence-corrected chi connectivity index (χ4v) is 10.7. The summed E-state index contributed by atoms with van der Waals surface area (Å²) in [5.74, 6) is -0.0439. The largest absolute Gasteiger partial charge is 0.466 e. The SMILES string of the molecule is CCCCCCCCC/C=C/C(O)C(CO)NC(=O)CCCCCCCCCCCCCCCCCCC/C=C\CCCCCCCCCCCCCCOC(=O)CCCCCCCCCCCCCCCCCC. The highest BCUT2D eigenvalue weighted by Gasteiger charge is 2.18. The number of esters is 1. The lowest BCUT2D eigenvalue weighted by Crippen LogP contribution is -2.45. The zero-order chi connectivity index (χ0) is 54.3. The quantitative estimate of drug-likeness (QED) is 0.0320. The number of rotatable bonds is 64. The summed E-state index contributed by atoms with van der Waals surface area (Å²) in [6, 6.07) is -0.623. The van der Waals surface area contributed by atoms with Gasteiger partial charge in [0.2, 0.25) is 5.91 Å². The molecule has 0 radical (unpaired) electrons. The molecule has 0 aromatic rings. The molecule has 0 fully saturated rings. The van der Waals surface area contributed by atoms with Gasteiger partial charge in [0.05, 0.1) is 25.4 Å². The summed E-state index contributed by atoms with van der Waals surface area (Å²) < 4.78 is 5.50. The van der Waals surface area contributed by atoms with E-state index in [9.17, 15) is 19.8 Å². The van der Waals surface area contributed by atoms with Gasteiger partial charge in [-0.3, -0.25) is 9.59 Å². The van der Waals surface area contributed by atoms with Crippen molar-refractivity contribution in [1.82, 2.24) is 5.32 Å². The van der Waals surface area contributed by atoms with Crippen LogP contribution in [0.1, 0.15) is 380 Å². The summed E-state index contributed by atoms with van der Waals surface area (Å²) >= 11 is 0. The van der Waals surface area contributed by atoms with Gasteiger partial charge in [-0.05, 0) is 57.8 Å². The maximum absolute atomic E-state index is 12.4. The predicted octanol–water partition coefficient (Wildman–Crippen LogP) is 21.8. The van der Waals surface area contributed by atoms with Gasteiger partial charge in [0.25, 0.3) is 0 Å². The van der Waals surface area contributed by atoms with Crippen LogP contribution in [0, 0.1) is 0 Å². The lowest BCUT2D eigenvalue weighted by atomic mass is 10.0. The number of nitrogens with one attached hydrogen (secondary N) is 1. The second kappa shape index (κ2) is 64.9. The number of unbranched alkanes of at least 4 members (excludes halogenated alkanes) is 51. The van der Waals surface area contributed by atoms with Gasteiger partial charge in [-0.15, -0.1) is 0 Å². The Bertz CT molecular complexity index is 1170. The average Bonchev–Trinajstić information content (AvgIpc) is 3.41. The van der Waals surface area contributed by atoms with Crippen LogP contribution in [0.15, 0.2) is 24.3 Å². The second-order valence-electron chi connectivity index (χ2n) is 23.5. The third-order valence-corrected chi connectivity index (χ3v) is 16.0. The van der Waals surface area contributed by atoms with E-state index in [0.29, 0.717) is 19.4 Å². The van der Waals surface area contributed by atoms with Crippen LogP contribution in [0.4, 0.5) is 0 Å². The minimum absolute atomic E-state index is 0.0223. The molecule has 6 nitrogen and oxygen atoms in total. The number of aliphatic hydroxyl groups is 2. The van der Waals surface area contributed by atoms with E-state index in [0.717, 1.165) is 38.5 Å². The molecule has 0 rings (SSSR count). The van der Waals surface area contributed by atoms with Gasteiger partial charge < -0.3 is 20.3 Å². The van der Waals surface area contributed by atoms with Crippen LogP contribution in [0.5, 0.6) is 0 Å². The number of aliphatic hydroxyl groups excluding tert-OH is 2. The molecule has 0 aliphatic heterocycles. The van der Waals surface area contributed by atoms with Crippen molar-refractivity contribution in [2.24, 2.45) is 0 Å². The molecule has 2 unspecified atom stereocenters. The lowest BCUT2D eigenvalue weighted by Gasteiger charge is -2.20. The first-order valence-corrected chi connectivity index (χ1v) is 34.1. The monoisotopic (exact) mass is 1060 g/mol. The number of hydrogen-bond acceptors (Lipinski definition) is 5. The molecule has 444 valence electrons. The first-order chi connectivity index (χ1) is 37.0. The van der Waals surface area contributed by atoms with Crippen LogP contribution in [-0.4, -0.2) is 47.4 Å². The molecule has 0 bridgehead atoms. The van der Waals surface area contributed by atoms with Gasteiger partial charge in [-0.2, -0.15) is 0 Å². The zero-order valence-corrected chi connectivity index (χ0v) is 50.8. The van der Waals surface area contributed by atoms with Gasteiger partial charge in [0.1, 0.15) is 0 Å². The summed E-state index contributed by atoms with van der Waals surface area (Å²) in [7, 11) is 0. The molecule has 1 amide bonds. The van der Waals surface area contributed by atoms with Crippen molar-refractivity contribution < 1.29 is 24.5 Å². The van der Waals surface area contributed by atoms with E-state index in [4.69, 9.17) is 4.74 Å². The van der Waals surface area contributed by atoms with Crippen LogP contribution < -0.4 is 5.32 Å². The highest BCUT2D eigenvalue weighted by Crippen LogP contribution is 2.18. The van der Waals surface area contributed by atoms with Crippen LogP contribution in [0.2, 0.25) is 0 Å². The van der Waals surface area contributed by atoms with Gasteiger partial charge >= 0.3 is 5.97 Å². The molecule has 75 heavy (non-hydrogen) atoms. The Balaban J connectivity index is 3.31. The Hall–Kier alpha value is -1.66. The van der Waals surface area contributed by atoms with Crippen molar-refractivity contribution in [3.05, 3.63) is 24.3 Å². The van der Waals surface area contributed by atoms with E-state index in [1.807, 2.05) is 6.08 Å². The predicted molar refractivity (Wildman–Crippen MR) is 329 cm³/mol. The number of amides is 1. The Morgan fingerprint density at radius 1 is 0.360 bits per heavy atom. The van der Waals surface area contributed by atoms with Gasteiger partial charge in [-0.1, -0.05) is 334 Å². The molecule has 0 aliphatic rings. The standard InChI is InChI=1S/C69H133NO5/c1-3-5-7-9-11-13-14-15-16-37-40-43-47-51-55-59-63-69(74)75-64-60-56-52-48-44-41-38-35-33-31-29-27-25-23-21-19-17-18-20-22-24-26-28-30-32-34-36-39-42-46-50-54-58-62-68(73)70-66(65-71)67(72)61-57-53-49-45-12-10-8-6-4-2/h21,23,57,61,66-67,71-72H,3-20,22,24-56,58-60,62-65H2,1-2H3,(H,70,73)/b23-21-,61-57+. The normalized spacial score (nSPS) is 12.6. The van der Waals surface area contributed by atoms with E-state index in [2.05, 4.69) is 31.3 Å². The number of carbonyl (C=O) groups is 2. The molecule has 6 heteroatoms. The Labute approximate surface area is 469 Å². The molecule has 0 saturated heterocycles. The summed E-state index contributed by atoms with van der Waals surface area (Å²) in [6.45, 7) is 4.91. The first kappa shape index (κ1) is 73.3. The number of allylic oxidation sites excluding steroid dienone is 3. The molecule has 0 aliphatic carbocycles. The lowest BCUT2D eigenvalue weighted by molar-refractivity contribution is -0.143. The number of ether oxygens (including phenoxy) is 1. The Morgan fingerprint density at radius 2 is 0.627 bits per heavy atom. The van der Waals surface area contributed by atoms with Crippen molar-refractivity contribution >= 4 is 11.9 Å². The minimum Gasteiger partial charge on any atom is -0.466 e. The van der Waals surface area contributed by atoms with Gasteiger partial charge in [0.15, 0.2) is 0 Å². The fraction of sp³-hybridized carbons (Fsp3) is 0.913. The molecule has 0 aromatic heterocycles. The average molecular weight is 1060 g/mol. The molecule has 0 heterocycles. The zero-order valence-electron chi connectivity index (χ0n) is 50.8. The number of hydrogen-bond donors (Lipinski definition) is 3. The maximum Gasteiger partial charge on any atom is 0.305 e. The van der Waals surface area contributed by atoms with E-state index in [1.54, 1.807) is 6.08 Å². The highest BCUT2D eigenvalue weighted by atomic mass is 16.5. The van der Waals surface area contributed by atoms with E-state index >= 15 is 0 Å². The first-order valence-electron chi connectivity index (χ1n) is 34.1. The van der Waals surface area contributed by atoms with Crippen molar-refractivity contribution in [2.75, 3.05) is 13.2 Å². The third-order valence-electron chi connectivity index (χ3n) is 16.0. The molecule has 3 N–H and O–H groups in total. The Kier molecular flexibility index (Phi) is 63.4. The molecule has 0 saturated carbocycles. The molecule has 0 spiro atoms. The molecular weight excluding hydrogens is 923 g/mol. The van der Waals surface area contributed by atoms with Crippen molar-refractivity contribution in [3.63, 3.8) is 0 Å². The van der Waals surface area contributed by atoms with Crippen LogP contribution in [0.3, 0.4) is 0 Å². The summed E-state index contributed by atoms with van der Waals surface area (Å²) in [5.41, 5.74) is 0. The van der Waals surface area contributed by atoms with Crippen LogP contribution >= 0.6 is 0 Å². The highest BCUT2D eigenvalue weighted by molar-refractivity contribution is 5.76. The number of carbonyl (C=O) groups excluding carboxylic acids is 2. The van der Waals surface area contributed by atoms with Gasteiger partial charge in [0, 0.05) is 12.8 Å². The third kappa shape index (κ3) is 61.4. The van der Waals surface area contributed by atoms with Crippen molar-refractivity contribution in [1.29, 1.82) is 0 Å². The maximum atomic E-state index is 12.4. The van der Waals surface area contributed by atoms with E-state index in [1.165, 1.54) is 315 Å². The van der Waals surface area contributed by atoms with Crippen molar-refractivity contribution in [2.45, 2.75) is 392 Å². The van der Waals surface area contributed by atoms with Crippen molar-refractivity contribution in [3.8, 4) is 0 Å². The van der Waals surface area contributed by atoms with E-state index < -0.39 is 12.1 Å². The summed E-state index contributed by atoms with van der Waals surface area (Å²) in [4.78, 5) is 24.5. The topological polar surface area (TPSA) is 95.9 Å². The summed E-state index contributed by atoms with van der Waals surface area (Å²) in [5, 5.41) is 23.0. The minimum atomic E-state index is -0.839. The summed E-state index contributed by atoms with van der Waals surface area (Å²) in [6.07, 6.45) is 81.3. The van der Waals surface area contributed by atoms with Gasteiger partial charge in [-0.25, -0.2) is 0 Å². The van der Waals surface area contributed by atoms with Crippen LogP contribution in [0.25, 0.3) is 0 Å². The molecular formula is C69H133NO5. The second-order valence-corrected chi connectivity index (χ2v) is 23.5.